The van der Waals surface area contributed by atoms with Gasteiger partial charge in [0.05, 0.1) is 11.3 Å². The Hall–Kier alpha value is -3.23. The molecular weight excluding hydrogens is 335 g/mol. The van der Waals surface area contributed by atoms with Crippen molar-refractivity contribution in [1.29, 1.82) is 0 Å². The number of carbonyl (C=O) groups is 1. The van der Waals surface area contributed by atoms with Crippen LogP contribution in [0.5, 0.6) is 0 Å². The van der Waals surface area contributed by atoms with Gasteiger partial charge < -0.3 is 4.90 Å². The first kappa shape index (κ1) is 16.6. The van der Waals surface area contributed by atoms with Crippen molar-refractivity contribution in [3.63, 3.8) is 0 Å². The fourth-order valence-corrected chi connectivity index (χ4v) is 2.11. The van der Waals surface area contributed by atoms with Crippen LogP contribution in [0, 0.1) is 0 Å². The summed E-state index contributed by atoms with van der Waals surface area (Å²) in [7, 11) is 1.57. The molecule has 0 radical (unpaired) electrons. The molecular formula is C16H12F3N5O. The monoisotopic (exact) mass is 347 g/mol. The first-order chi connectivity index (χ1) is 11.9. The largest absolute Gasteiger partial charge is 0.416 e. The second-order valence-corrected chi connectivity index (χ2v) is 5.15. The van der Waals surface area contributed by atoms with Gasteiger partial charge in [-0.15, -0.1) is 15.0 Å². The third-order valence-corrected chi connectivity index (χ3v) is 3.48. The molecule has 0 fully saturated rings. The minimum atomic E-state index is -4.42. The number of tetrazole rings is 1. The SMILES string of the molecule is CN(C(=O)c1nnn(-c2ccc(C(F)(F)F)cc2)n1)c1ccccc1. The number of halogens is 3. The molecule has 1 aromatic heterocycles. The Bertz CT molecular complexity index is 875. The lowest BCUT2D eigenvalue weighted by Gasteiger charge is -2.14. The molecule has 1 heterocycles. The average Bonchev–Trinajstić information content (AvgIpc) is 3.10. The van der Waals surface area contributed by atoms with Crippen molar-refractivity contribution in [3.05, 3.63) is 66.0 Å². The van der Waals surface area contributed by atoms with Crippen LogP contribution in [0.15, 0.2) is 54.6 Å². The van der Waals surface area contributed by atoms with Gasteiger partial charge in [-0.05, 0) is 41.6 Å². The summed E-state index contributed by atoms with van der Waals surface area (Å²) >= 11 is 0. The number of benzene rings is 2. The first-order valence-corrected chi connectivity index (χ1v) is 7.17. The smallest absolute Gasteiger partial charge is 0.309 e. The van der Waals surface area contributed by atoms with Crippen LogP contribution in [0.3, 0.4) is 0 Å². The fourth-order valence-electron chi connectivity index (χ4n) is 2.11. The van der Waals surface area contributed by atoms with Crippen LogP contribution in [-0.4, -0.2) is 33.2 Å². The van der Waals surface area contributed by atoms with Gasteiger partial charge in [-0.2, -0.15) is 13.2 Å². The summed E-state index contributed by atoms with van der Waals surface area (Å²) in [5, 5.41) is 11.3. The second-order valence-electron chi connectivity index (χ2n) is 5.15. The van der Waals surface area contributed by atoms with Crippen LogP contribution >= 0.6 is 0 Å². The van der Waals surface area contributed by atoms with Crippen molar-refractivity contribution >= 4 is 11.6 Å². The van der Waals surface area contributed by atoms with E-state index < -0.39 is 17.6 Å². The van der Waals surface area contributed by atoms with Gasteiger partial charge in [0, 0.05) is 12.7 Å². The van der Waals surface area contributed by atoms with E-state index in [2.05, 4.69) is 15.4 Å². The number of amides is 1. The van der Waals surface area contributed by atoms with Crippen LogP contribution in [0.2, 0.25) is 0 Å². The van der Waals surface area contributed by atoms with E-state index >= 15 is 0 Å². The lowest BCUT2D eigenvalue weighted by atomic mass is 10.2. The van der Waals surface area contributed by atoms with Crippen molar-refractivity contribution in [3.8, 4) is 5.69 Å². The molecule has 0 spiro atoms. The lowest BCUT2D eigenvalue weighted by molar-refractivity contribution is -0.137. The normalized spacial score (nSPS) is 11.4. The van der Waals surface area contributed by atoms with Crippen molar-refractivity contribution in [2.45, 2.75) is 6.18 Å². The number of carbonyl (C=O) groups excluding carboxylic acids is 1. The Kier molecular flexibility index (Phi) is 4.22. The van der Waals surface area contributed by atoms with Gasteiger partial charge in [-0.3, -0.25) is 4.79 Å². The predicted molar refractivity (Wildman–Crippen MR) is 83.3 cm³/mol. The first-order valence-electron chi connectivity index (χ1n) is 7.17. The number of hydrogen-bond donors (Lipinski definition) is 0. The summed E-state index contributed by atoms with van der Waals surface area (Å²) in [6, 6.07) is 13.1. The van der Waals surface area contributed by atoms with Gasteiger partial charge in [0.25, 0.3) is 11.7 Å². The maximum atomic E-state index is 12.6. The maximum absolute atomic E-state index is 12.6. The lowest BCUT2D eigenvalue weighted by Crippen LogP contribution is -2.27. The summed E-state index contributed by atoms with van der Waals surface area (Å²) in [5.41, 5.74) is 0.136. The van der Waals surface area contributed by atoms with Crippen LogP contribution in [0.25, 0.3) is 5.69 Å². The zero-order valence-corrected chi connectivity index (χ0v) is 13.0. The molecule has 128 valence electrons. The standard InChI is InChI=1S/C16H12F3N5O/c1-23(12-5-3-2-4-6-12)15(25)14-20-22-24(21-14)13-9-7-11(8-10-13)16(17,18)19/h2-10H,1H3. The average molecular weight is 347 g/mol. The molecule has 9 heteroatoms. The van der Waals surface area contributed by atoms with E-state index in [0.29, 0.717) is 5.69 Å². The fraction of sp³-hybridized carbons (Fsp3) is 0.125. The van der Waals surface area contributed by atoms with Crippen LogP contribution in [0.1, 0.15) is 16.2 Å². The zero-order valence-electron chi connectivity index (χ0n) is 13.0. The topological polar surface area (TPSA) is 63.9 Å². The highest BCUT2D eigenvalue weighted by Gasteiger charge is 2.30. The summed E-state index contributed by atoms with van der Waals surface area (Å²) in [4.78, 5) is 14.7. The maximum Gasteiger partial charge on any atom is 0.416 e. The van der Waals surface area contributed by atoms with E-state index in [1.54, 1.807) is 31.3 Å². The van der Waals surface area contributed by atoms with E-state index in [0.717, 1.165) is 16.9 Å². The highest BCUT2D eigenvalue weighted by molar-refractivity contribution is 6.02. The number of rotatable bonds is 3. The molecule has 0 aliphatic rings. The van der Waals surface area contributed by atoms with E-state index in [4.69, 9.17) is 0 Å². The van der Waals surface area contributed by atoms with Gasteiger partial charge in [0.2, 0.25) is 0 Å². The van der Waals surface area contributed by atoms with Crippen molar-refractivity contribution < 1.29 is 18.0 Å². The van der Waals surface area contributed by atoms with Crippen LogP contribution in [-0.2, 0) is 6.18 Å². The zero-order chi connectivity index (χ0) is 18.0. The summed E-state index contributed by atoms with van der Waals surface area (Å²) in [6.45, 7) is 0. The Morgan fingerprint density at radius 1 is 1.04 bits per heavy atom. The molecule has 0 atom stereocenters. The molecule has 3 aromatic rings. The third-order valence-electron chi connectivity index (χ3n) is 3.48. The van der Waals surface area contributed by atoms with Gasteiger partial charge >= 0.3 is 6.18 Å². The predicted octanol–water partition coefficient (Wildman–Crippen LogP) is 2.96. The quantitative estimate of drug-likeness (QED) is 0.731. The number of para-hydroxylation sites is 1. The molecule has 0 aliphatic heterocycles. The molecule has 0 bridgehead atoms. The van der Waals surface area contributed by atoms with Crippen molar-refractivity contribution in [2.24, 2.45) is 0 Å². The number of aromatic nitrogens is 4. The highest BCUT2D eigenvalue weighted by Crippen LogP contribution is 2.29. The second kappa shape index (κ2) is 6.34. The van der Waals surface area contributed by atoms with Crippen molar-refractivity contribution in [1.82, 2.24) is 20.2 Å². The minimum absolute atomic E-state index is 0.161. The number of hydrogen-bond acceptors (Lipinski definition) is 4. The summed E-state index contributed by atoms with van der Waals surface area (Å²) in [6.07, 6.45) is -4.42. The van der Waals surface area contributed by atoms with Gasteiger partial charge in [-0.1, -0.05) is 18.2 Å². The number of anilines is 1. The van der Waals surface area contributed by atoms with Crippen LogP contribution in [0.4, 0.5) is 18.9 Å². The molecule has 0 N–H and O–H groups in total. The molecule has 25 heavy (non-hydrogen) atoms. The minimum Gasteiger partial charge on any atom is -0.309 e. The van der Waals surface area contributed by atoms with E-state index in [-0.39, 0.29) is 11.5 Å². The molecule has 0 saturated heterocycles. The molecule has 0 unspecified atom stereocenters. The molecule has 3 rings (SSSR count). The Morgan fingerprint density at radius 2 is 1.68 bits per heavy atom. The number of alkyl halides is 3. The van der Waals surface area contributed by atoms with Crippen molar-refractivity contribution in [2.75, 3.05) is 11.9 Å². The molecule has 0 aliphatic carbocycles. The summed E-state index contributed by atoms with van der Waals surface area (Å²) in [5.74, 6) is -0.643. The third kappa shape index (κ3) is 3.49. The van der Waals surface area contributed by atoms with E-state index in [1.165, 1.54) is 17.0 Å². The van der Waals surface area contributed by atoms with Gasteiger partial charge in [0.15, 0.2) is 0 Å². The molecule has 0 saturated carbocycles. The molecule has 2 aromatic carbocycles. The number of nitrogens with zero attached hydrogens (tertiary/aromatic N) is 5. The van der Waals surface area contributed by atoms with Gasteiger partial charge in [0.1, 0.15) is 0 Å². The highest BCUT2D eigenvalue weighted by atomic mass is 19.4. The Balaban J connectivity index is 1.81. The Labute approximate surface area is 140 Å². The van der Waals surface area contributed by atoms with Gasteiger partial charge in [-0.25, -0.2) is 0 Å². The molecule has 6 nitrogen and oxygen atoms in total. The molecule has 1 amide bonds. The van der Waals surface area contributed by atoms with Crippen LogP contribution < -0.4 is 4.90 Å². The van der Waals surface area contributed by atoms with E-state index in [9.17, 15) is 18.0 Å². The Morgan fingerprint density at radius 3 is 2.28 bits per heavy atom. The van der Waals surface area contributed by atoms with E-state index in [1.807, 2.05) is 6.07 Å². The summed E-state index contributed by atoms with van der Waals surface area (Å²) < 4.78 is 37.7.